The van der Waals surface area contributed by atoms with E-state index < -0.39 is 10.0 Å². The van der Waals surface area contributed by atoms with E-state index in [4.69, 9.17) is 10.5 Å². The Kier molecular flexibility index (Phi) is 6.93. The molecule has 1 aliphatic carbocycles. The number of rotatable bonds is 4. The number of hydrogen-bond acceptors (Lipinski definition) is 4. The normalized spacial score (nSPS) is 22.4. The molecule has 0 aliphatic heterocycles. The van der Waals surface area contributed by atoms with Gasteiger partial charge in [0.2, 0.25) is 10.0 Å². The lowest BCUT2D eigenvalue weighted by molar-refractivity contribution is 0.373. The van der Waals surface area contributed by atoms with Gasteiger partial charge >= 0.3 is 0 Å². The molecule has 0 aromatic heterocycles. The Morgan fingerprint density at radius 2 is 1.90 bits per heavy atom. The van der Waals surface area contributed by atoms with Gasteiger partial charge in [-0.05, 0) is 59.8 Å². The predicted molar refractivity (Wildman–Crippen MR) is 88.5 cm³/mol. The molecule has 0 atom stereocenters. The lowest BCUT2D eigenvalue weighted by Crippen LogP contribution is -2.40. The van der Waals surface area contributed by atoms with Crippen molar-refractivity contribution in [3.63, 3.8) is 0 Å². The highest BCUT2D eigenvalue weighted by molar-refractivity contribution is 9.10. The lowest BCUT2D eigenvalue weighted by Gasteiger charge is -2.26. The summed E-state index contributed by atoms with van der Waals surface area (Å²) in [7, 11) is -1.96. The van der Waals surface area contributed by atoms with Crippen LogP contribution in [0.25, 0.3) is 0 Å². The number of nitrogens with one attached hydrogen (secondary N) is 1. The molecule has 3 N–H and O–H groups in total. The second-order valence-electron chi connectivity index (χ2n) is 5.03. The fourth-order valence-electron chi connectivity index (χ4n) is 2.34. The van der Waals surface area contributed by atoms with Crippen LogP contribution in [-0.2, 0) is 10.0 Å². The van der Waals surface area contributed by atoms with Gasteiger partial charge in [-0.25, -0.2) is 13.1 Å². The molecule has 1 aromatic rings. The van der Waals surface area contributed by atoms with Crippen LogP contribution in [0.4, 0.5) is 0 Å². The summed E-state index contributed by atoms with van der Waals surface area (Å²) >= 11 is 3.30. The molecule has 1 aliphatic rings. The van der Waals surface area contributed by atoms with Crippen LogP contribution in [0.3, 0.4) is 0 Å². The predicted octanol–water partition coefficient (Wildman–Crippen LogP) is 2.43. The Balaban J connectivity index is 0.00000220. The third-order valence-corrected chi connectivity index (χ3v) is 5.67. The van der Waals surface area contributed by atoms with Crippen LogP contribution in [0.15, 0.2) is 27.6 Å². The summed E-state index contributed by atoms with van der Waals surface area (Å²) in [6, 6.07) is 4.90. The second kappa shape index (κ2) is 7.78. The van der Waals surface area contributed by atoms with E-state index in [0.29, 0.717) is 10.2 Å². The van der Waals surface area contributed by atoms with Gasteiger partial charge in [-0.3, -0.25) is 0 Å². The van der Waals surface area contributed by atoms with E-state index in [1.165, 1.54) is 7.11 Å². The van der Waals surface area contributed by atoms with Crippen LogP contribution in [0.5, 0.6) is 5.75 Å². The maximum absolute atomic E-state index is 12.3. The van der Waals surface area contributed by atoms with Gasteiger partial charge in [-0.1, -0.05) is 0 Å². The van der Waals surface area contributed by atoms with Crippen molar-refractivity contribution < 1.29 is 13.2 Å². The molecule has 1 fully saturated rings. The number of halogens is 2. The SMILES string of the molecule is COc1ccc(S(=O)(=O)NC2CCC(N)CC2)cc1Br.Cl. The number of hydrogen-bond donors (Lipinski definition) is 2. The van der Waals surface area contributed by atoms with Crippen molar-refractivity contribution in [3.8, 4) is 5.75 Å². The Hall–Kier alpha value is -0.340. The van der Waals surface area contributed by atoms with Crippen molar-refractivity contribution in [1.29, 1.82) is 0 Å². The molecule has 5 nitrogen and oxygen atoms in total. The van der Waals surface area contributed by atoms with E-state index in [1.807, 2.05) is 0 Å². The Labute approximate surface area is 140 Å². The zero-order chi connectivity index (χ0) is 14.8. The molecule has 0 amide bonds. The van der Waals surface area contributed by atoms with Gasteiger partial charge in [0.15, 0.2) is 0 Å². The third kappa shape index (κ3) is 4.82. The quantitative estimate of drug-likeness (QED) is 0.814. The number of benzene rings is 1. The summed E-state index contributed by atoms with van der Waals surface area (Å²) in [5.41, 5.74) is 5.83. The molecule has 0 radical (unpaired) electrons. The summed E-state index contributed by atoms with van der Waals surface area (Å²) in [5, 5.41) is 0. The lowest BCUT2D eigenvalue weighted by atomic mass is 9.93. The first-order valence-electron chi connectivity index (χ1n) is 6.54. The fourth-order valence-corrected chi connectivity index (χ4v) is 4.36. The first kappa shape index (κ1) is 18.7. The minimum Gasteiger partial charge on any atom is -0.496 e. The van der Waals surface area contributed by atoms with Crippen molar-refractivity contribution in [2.75, 3.05) is 7.11 Å². The minimum absolute atomic E-state index is 0. The Morgan fingerprint density at radius 1 is 1.29 bits per heavy atom. The highest BCUT2D eigenvalue weighted by Gasteiger charge is 2.24. The van der Waals surface area contributed by atoms with Crippen LogP contribution in [-0.4, -0.2) is 27.6 Å². The average Bonchev–Trinajstić information content (AvgIpc) is 2.41. The average molecular weight is 400 g/mol. The van der Waals surface area contributed by atoms with E-state index in [2.05, 4.69) is 20.7 Å². The molecule has 0 bridgehead atoms. The smallest absolute Gasteiger partial charge is 0.240 e. The summed E-state index contributed by atoms with van der Waals surface area (Å²) in [5.74, 6) is 0.604. The first-order valence-corrected chi connectivity index (χ1v) is 8.81. The van der Waals surface area contributed by atoms with Gasteiger partial charge in [0.25, 0.3) is 0 Å². The number of sulfonamides is 1. The maximum atomic E-state index is 12.3. The van der Waals surface area contributed by atoms with E-state index in [9.17, 15) is 8.42 Å². The van der Waals surface area contributed by atoms with Gasteiger partial charge in [0, 0.05) is 12.1 Å². The van der Waals surface area contributed by atoms with Gasteiger partial charge in [-0.15, -0.1) is 12.4 Å². The van der Waals surface area contributed by atoms with Gasteiger partial charge in [0.05, 0.1) is 16.5 Å². The second-order valence-corrected chi connectivity index (χ2v) is 7.60. The highest BCUT2D eigenvalue weighted by atomic mass is 79.9. The van der Waals surface area contributed by atoms with Crippen molar-refractivity contribution in [1.82, 2.24) is 4.72 Å². The van der Waals surface area contributed by atoms with E-state index >= 15 is 0 Å². The summed E-state index contributed by atoms with van der Waals surface area (Å²) in [6.07, 6.45) is 3.30. The van der Waals surface area contributed by atoms with Crippen molar-refractivity contribution in [3.05, 3.63) is 22.7 Å². The summed E-state index contributed by atoms with van der Waals surface area (Å²) in [6.45, 7) is 0. The molecular weight excluding hydrogens is 380 g/mol. The number of nitrogens with two attached hydrogens (primary N) is 1. The zero-order valence-corrected chi connectivity index (χ0v) is 14.9. The maximum Gasteiger partial charge on any atom is 0.240 e. The molecule has 8 heteroatoms. The molecule has 0 unspecified atom stereocenters. The largest absolute Gasteiger partial charge is 0.496 e. The molecule has 1 saturated carbocycles. The van der Waals surface area contributed by atoms with E-state index in [-0.39, 0.29) is 29.4 Å². The Morgan fingerprint density at radius 3 is 2.43 bits per heavy atom. The van der Waals surface area contributed by atoms with Gasteiger partial charge in [-0.2, -0.15) is 0 Å². The summed E-state index contributed by atoms with van der Waals surface area (Å²) in [4.78, 5) is 0.236. The minimum atomic E-state index is -3.50. The molecule has 0 saturated heterocycles. The molecule has 2 rings (SSSR count). The van der Waals surface area contributed by atoms with E-state index in [1.54, 1.807) is 18.2 Å². The van der Waals surface area contributed by atoms with Crippen LogP contribution in [0.1, 0.15) is 25.7 Å². The molecule has 1 aromatic carbocycles. The van der Waals surface area contributed by atoms with Gasteiger partial charge in [0.1, 0.15) is 5.75 Å². The van der Waals surface area contributed by atoms with Crippen LogP contribution in [0, 0.1) is 0 Å². The molecule has 120 valence electrons. The fraction of sp³-hybridized carbons (Fsp3) is 0.538. The van der Waals surface area contributed by atoms with Crippen molar-refractivity contribution in [2.24, 2.45) is 5.73 Å². The van der Waals surface area contributed by atoms with Crippen LogP contribution < -0.4 is 15.2 Å². The van der Waals surface area contributed by atoms with Crippen LogP contribution >= 0.6 is 28.3 Å². The van der Waals surface area contributed by atoms with Gasteiger partial charge < -0.3 is 10.5 Å². The van der Waals surface area contributed by atoms with Crippen LogP contribution in [0.2, 0.25) is 0 Å². The molecular formula is C13H20BrClN2O3S. The number of ether oxygens (including phenoxy) is 1. The zero-order valence-electron chi connectivity index (χ0n) is 11.7. The molecule has 21 heavy (non-hydrogen) atoms. The van der Waals surface area contributed by atoms with E-state index in [0.717, 1.165) is 25.7 Å². The highest BCUT2D eigenvalue weighted by Crippen LogP contribution is 2.28. The third-order valence-electron chi connectivity index (χ3n) is 3.53. The Bertz CT molecular complexity index is 575. The summed E-state index contributed by atoms with van der Waals surface area (Å²) < 4.78 is 33.1. The standard InChI is InChI=1S/C13H19BrN2O3S.ClH/c1-19-13-7-6-11(8-12(13)14)20(17,18)16-10-4-2-9(15)3-5-10;/h6-10,16H,2-5,15H2,1H3;1H. The topological polar surface area (TPSA) is 81.4 Å². The number of methoxy groups -OCH3 is 1. The first-order chi connectivity index (χ1) is 9.42. The van der Waals surface area contributed by atoms with Crippen molar-refractivity contribution >= 4 is 38.4 Å². The molecule has 0 heterocycles. The van der Waals surface area contributed by atoms with Crippen molar-refractivity contribution in [2.45, 2.75) is 42.7 Å². The monoisotopic (exact) mass is 398 g/mol. The molecule has 0 spiro atoms.